The van der Waals surface area contributed by atoms with Crippen molar-refractivity contribution in [3.8, 4) is 0 Å². The normalized spacial score (nSPS) is 13.9. The number of esters is 1. The monoisotopic (exact) mass is 216 g/mol. The van der Waals surface area contributed by atoms with E-state index in [1.165, 1.54) is 6.92 Å². The minimum absolute atomic E-state index is 0.0440. The number of carbonyl (C=O) groups excluding carboxylic acids is 1. The fourth-order valence-electron chi connectivity index (χ4n) is 0.659. The second-order valence-corrected chi connectivity index (χ2v) is 2.73. The van der Waals surface area contributed by atoms with Crippen LogP contribution in [0.1, 0.15) is 13.3 Å². The second-order valence-electron chi connectivity index (χ2n) is 2.46. The van der Waals surface area contributed by atoms with Gasteiger partial charge < -0.3 is 9.84 Å². The van der Waals surface area contributed by atoms with E-state index in [2.05, 4.69) is 4.74 Å². The van der Waals surface area contributed by atoms with Gasteiger partial charge in [0.25, 0.3) is 5.92 Å². The van der Waals surface area contributed by atoms with E-state index < -0.39 is 30.3 Å². The molecule has 0 aliphatic heterocycles. The first-order valence-corrected chi connectivity index (χ1v) is 4.25. The van der Waals surface area contributed by atoms with Gasteiger partial charge in [0.2, 0.25) is 0 Å². The summed E-state index contributed by atoms with van der Waals surface area (Å²) >= 11 is 4.91. The molecule has 3 nitrogen and oxygen atoms in total. The Morgan fingerprint density at radius 2 is 2.23 bits per heavy atom. The van der Waals surface area contributed by atoms with E-state index in [0.29, 0.717) is 0 Å². The molecule has 0 aliphatic rings. The van der Waals surface area contributed by atoms with Gasteiger partial charge in [-0.3, -0.25) is 0 Å². The molecule has 1 unspecified atom stereocenters. The Morgan fingerprint density at radius 1 is 1.69 bits per heavy atom. The van der Waals surface area contributed by atoms with E-state index in [0.717, 1.165) is 0 Å². The quantitative estimate of drug-likeness (QED) is 0.555. The number of hydrogen-bond donors (Lipinski definition) is 1. The molecule has 0 aromatic heterocycles. The maximum absolute atomic E-state index is 12.5. The topological polar surface area (TPSA) is 46.5 Å². The van der Waals surface area contributed by atoms with Crippen molar-refractivity contribution in [2.75, 3.05) is 12.5 Å². The predicted octanol–water partition coefficient (Wildman–Crippen LogP) is 1.17. The van der Waals surface area contributed by atoms with Gasteiger partial charge in [0.05, 0.1) is 12.5 Å². The number of aliphatic hydroxyl groups is 1. The molecule has 78 valence electrons. The van der Waals surface area contributed by atoms with Gasteiger partial charge in [-0.15, -0.1) is 11.6 Å². The molecule has 0 amide bonds. The van der Waals surface area contributed by atoms with Gasteiger partial charge in [-0.1, -0.05) is 0 Å². The van der Waals surface area contributed by atoms with E-state index in [1.807, 2.05) is 0 Å². The molecule has 0 aromatic carbocycles. The highest BCUT2D eigenvalue weighted by Gasteiger charge is 2.34. The fourth-order valence-corrected chi connectivity index (χ4v) is 0.768. The van der Waals surface area contributed by atoms with Crippen molar-refractivity contribution in [1.82, 2.24) is 0 Å². The van der Waals surface area contributed by atoms with Crippen molar-refractivity contribution >= 4 is 17.6 Å². The molecule has 0 spiro atoms. The predicted molar refractivity (Wildman–Crippen MR) is 42.9 cm³/mol. The first-order chi connectivity index (χ1) is 5.93. The molecular formula is C7H11ClF2O3. The molecule has 13 heavy (non-hydrogen) atoms. The second kappa shape index (κ2) is 5.34. The van der Waals surface area contributed by atoms with Crippen molar-refractivity contribution in [3.05, 3.63) is 0 Å². The van der Waals surface area contributed by atoms with Gasteiger partial charge in [-0.05, 0) is 6.92 Å². The fraction of sp³-hybridized carbons (Fsp3) is 0.857. The third-order valence-electron chi connectivity index (χ3n) is 1.25. The summed E-state index contributed by atoms with van der Waals surface area (Å²) in [5, 5.41) is 8.90. The van der Waals surface area contributed by atoms with Crippen molar-refractivity contribution in [2.24, 2.45) is 0 Å². The molecule has 0 heterocycles. The minimum atomic E-state index is -3.24. The highest BCUT2D eigenvalue weighted by Crippen LogP contribution is 2.22. The maximum Gasteiger partial charge on any atom is 0.335 e. The van der Waals surface area contributed by atoms with Crippen LogP contribution in [0.25, 0.3) is 0 Å². The van der Waals surface area contributed by atoms with Gasteiger partial charge in [0.1, 0.15) is 0 Å². The molecule has 0 rings (SSSR count). The van der Waals surface area contributed by atoms with Crippen LogP contribution in [0.15, 0.2) is 0 Å². The first kappa shape index (κ1) is 12.6. The Bertz CT molecular complexity index is 175. The van der Waals surface area contributed by atoms with Gasteiger partial charge in [0, 0.05) is 6.42 Å². The third-order valence-corrected chi connectivity index (χ3v) is 1.64. The number of aliphatic hydroxyl groups excluding tert-OH is 1. The molecule has 0 radical (unpaired) electrons. The van der Waals surface area contributed by atoms with Gasteiger partial charge in [-0.25, -0.2) is 13.6 Å². The van der Waals surface area contributed by atoms with E-state index in [-0.39, 0.29) is 6.61 Å². The summed E-state index contributed by atoms with van der Waals surface area (Å²) in [6.45, 7) is 1.56. The van der Waals surface area contributed by atoms with E-state index >= 15 is 0 Å². The summed E-state index contributed by atoms with van der Waals surface area (Å²) in [7, 11) is 0. The van der Waals surface area contributed by atoms with E-state index in [9.17, 15) is 13.6 Å². The Balaban J connectivity index is 3.99. The largest absolute Gasteiger partial charge is 0.464 e. The summed E-state index contributed by atoms with van der Waals surface area (Å²) in [5.41, 5.74) is 0. The summed E-state index contributed by atoms with van der Waals surface area (Å²) in [4.78, 5) is 10.7. The smallest absolute Gasteiger partial charge is 0.335 e. The van der Waals surface area contributed by atoms with Crippen molar-refractivity contribution < 1.29 is 23.4 Å². The number of rotatable bonds is 5. The minimum Gasteiger partial charge on any atom is -0.464 e. The maximum atomic E-state index is 12.5. The molecule has 1 atom stereocenters. The lowest BCUT2D eigenvalue weighted by Crippen LogP contribution is -2.32. The van der Waals surface area contributed by atoms with Crippen LogP contribution in [0, 0.1) is 0 Å². The van der Waals surface area contributed by atoms with Crippen LogP contribution < -0.4 is 0 Å². The molecule has 6 heteroatoms. The summed E-state index contributed by atoms with van der Waals surface area (Å²) in [6, 6.07) is 0. The zero-order valence-corrected chi connectivity index (χ0v) is 7.85. The van der Waals surface area contributed by atoms with Crippen LogP contribution in [0.4, 0.5) is 8.78 Å². The summed E-state index contributed by atoms with van der Waals surface area (Å²) < 4.78 is 29.3. The van der Waals surface area contributed by atoms with Crippen LogP contribution in [0.2, 0.25) is 0 Å². The standard InChI is InChI=1S/C7H11ClF2O3/c1-2-13-6(12)5(11)3-7(9,10)4-8/h5,11H,2-4H2,1H3. The van der Waals surface area contributed by atoms with Gasteiger partial charge in [-0.2, -0.15) is 0 Å². The lowest BCUT2D eigenvalue weighted by atomic mass is 10.1. The molecule has 0 saturated carbocycles. The highest BCUT2D eigenvalue weighted by molar-refractivity contribution is 6.18. The zero-order chi connectivity index (χ0) is 10.5. The van der Waals surface area contributed by atoms with Crippen molar-refractivity contribution in [1.29, 1.82) is 0 Å². The Labute approximate surface area is 79.6 Å². The summed E-state index contributed by atoms with van der Waals surface area (Å²) in [6.07, 6.45) is -2.82. The number of alkyl halides is 3. The van der Waals surface area contributed by atoms with Crippen LogP contribution >= 0.6 is 11.6 Å². The Hall–Kier alpha value is -0.420. The third kappa shape index (κ3) is 5.00. The zero-order valence-electron chi connectivity index (χ0n) is 7.10. The number of ether oxygens (including phenoxy) is 1. The average Bonchev–Trinajstić information content (AvgIpc) is 2.04. The molecule has 0 bridgehead atoms. The van der Waals surface area contributed by atoms with Crippen LogP contribution in [-0.2, 0) is 9.53 Å². The number of halogens is 3. The lowest BCUT2D eigenvalue weighted by molar-refractivity contribution is -0.157. The molecule has 0 fully saturated rings. The first-order valence-electron chi connectivity index (χ1n) is 3.71. The molecule has 1 N–H and O–H groups in total. The van der Waals surface area contributed by atoms with Gasteiger partial charge >= 0.3 is 5.97 Å². The molecular weight excluding hydrogens is 206 g/mol. The lowest BCUT2D eigenvalue weighted by Gasteiger charge is -2.16. The Morgan fingerprint density at radius 3 is 2.62 bits per heavy atom. The summed E-state index contributed by atoms with van der Waals surface area (Å²) in [5.74, 6) is -5.22. The van der Waals surface area contributed by atoms with Crippen LogP contribution in [0.3, 0.4) is 0 Å². The van der Waals surface area contributed by atoms with Gasteiger partial charge in [0.15, 0.2) is 6.10 Å². The van der Waals surface area contributed by atoms with Crippen molar-refractivity contribution in [2.45, 2.75) is 25.4 Å². The van der Waals surface area contributed by atoms with Crippen molar-refractivity contribution in [3.63, 3.8) is 0 Å². The van der Waals surface area contributed by atoms with E-state index in [1.54, 1.807) is 0 Å². The molecule has 0 aromatic rings. The SMILES string of the molecule is CCOC(=O)C(O)CC(F)(F)CCl. The van der Waals surface area contributed by atoms with Crippen LogP contribution in [0.5, 0.6) is 0 Å². The number of hydrogen-bond acceptors (Lipinski definition) is 3. The number of carbonyl (C=O) groups is 1. The highest BCUT2D eigenvalue weighted by atomic mass is 35.5. The Kier molecular flexibility index (Phi) is 5.17. The molecule has 0 saturated heterocycles. The molecule has 0 aliphatic carbocycles. The van der Waals surface area contributed by atoms with E-state index in [4.69, 9.17) is 16.7 Å². The average molecular weight is 217 g/mol. The van der Waals surface area contributed by atoms with Crippen LogP contribution in [-0.4, -0.2) is 35.6 Å².